The maximum atomic E-state index is 12.0. The lowest BCUT2D eigenvalue weighted by molar-refractivity contribution is -0.305. The maximum Gasteiger partial charge on any atom is 0.330 e. The molecule has 1 aromatic carbocycles. The van der Waals surface area contributed by atoms with E-state index in [4.69, 9.17) is 18.9 Å². The van der Waals surface area contributed by atoms with E-state index in [1.165, 1.54) is 24.3 Å². The quantitative estimate of drug-likeness (QED) is 0.147. The number of esters is 2. The van der Waals surface area contributed by atoms with Crippen molar-refractivity contribution >= 4 is 18.0 Å². The number of hydrogen-bond acceptors (Lipinski definition) is 12. The Morgan fingerprint density at radius 2 is 1.94 bits per heavy atom. The minimum Gasteiger partial charge on any atom is -0.504 e. The van der Waals surface area contributed by atoms with Crippen LogP contribution in [0, 0.1) is 5.92 Å². The van der Waals surface area contributed by atoms with Crippen molar-refractivity contribution in [1.82, 2.24) is 0 Å². The molecule has 7 atom stereocenters. The number of phenolic OH excluding ortho intramolecular Hbond substituents is 2. The highest BCUT2D eigenvalue weighted by Gasteiger charge is 2.47. The summed E-state index contributed by atoms with van der Waals surface area (Å²) in [7, 11) is 0. The van der Waals surface area contributed by atoms with Crippen LogP contribution in [0.3, 0.4) is 0 Å². The van der Waals surface area contributed by atoms with Crippen molar-refractivity contribution in [3.8, 4) is 11.5 Å². The van der Waals surface area contributed by atoms with E-state index in [0.29, 0.717) is 5.56 Å². The van der Waals surface area contributed by atoms with Gasteiger partial charge in [0.05, 0.1) is 13.0 Å². The van der Waals surface area contributed by atoms with Crippen LogP contribution in [0.15, 0.2) is 24.3 Å². The van der Waals surface area contributed by atoms with Crippen LogP contribution in [0.5, 0.6) is 11.5 Å². The minimum absolute atomic E-state index is 0.160. The number of aromatic hydroxyl groups is 2. The Hall–Kier alpha value is -2.74. The molecule has 2 fully saturated rings. The smallest absolute Gasteiger partial charge is 0.330 e. The fourth-order valence-corrected chi connectivity index (χ4v) is 3.48. The second-order valence-corrected chi connectivity index (χ2v) is 8.40. The molecule has 2 aliphatic rings. The lowest BCUT2D eigenvalue weighted by Crippen LogP contribution is -2.59. The molecule has 2 heterocycles. The van der Waals surface area contributed by atoms with Crippen molar-refractivity contribution in [1.29, 1.82) is 0 Å². The molecule has 12 heteroatoms. The average Bonchev–Trinajstić information content (AvgIpc) is 3.16. The van der Waals surface area contributed by atoms with E-state index in [0.717, 1.165) is 6.08 Å². The lowest BCUT2D eigenvalue weighted by atomic mass is 9.88. The number of ether oxygens (including phenoxy) is 4. The molecule has 6 N–H and O–H groups in total. The number of benzene rings is 1. The predicted molar refractivity (Wildman–Crippen MR) is 112 cm³/mol. The van der Waals surface area contributed by atoms with Gasteiger partial charge < -0.3 is 49.6 Å². The summed E-state index contributed by atoms with van der Waals surface area (Å²) in [6, 6.07) is 3.94. The zero-order valence-corrected chi connectivity index (χ0v) is 18.3. The van der Waals surface area contributed by atoms with Crippen molar-refractivity contribution < 1.29 is 59.2 Å². The van der Waals surface area contributed by atoms with Crippen molar-refractivity contribution in [2.45, 2.75) is 49.7 Å². The van der Waals surface area contributed by atoms with Crippen LogP contribution in [0.4, 0.5) is 0 Å². The fraction of sp³-hybridized carbons (Fsp3) is 0.545. The average molecular weight is 484 g/mol. The summed E-state index contributed by atoms with van der Waals surface area (Å²) in [5, 5.41) is 59.7. The second kappa shape index (κ2) is 10.7. The molecule has 0 saturated carbocycles. The second-order valence-electron chi connectivity index (χ2n) is 8.40. The van der Waals surface area contributed by atoms with E-state index in [1.54, 1.807) is 6.92 Å². The summed E-state index contributed by atoms with van der Waals surface area (Å²) < 4.78 is 20.8. The van der Waals surface area contributed by atoms with Gasteiger partial charge in [-0.1, -0.05) is 13.0 Å². The molecule has 0 amide bonds. The molecule has 3 rings (SSSR count). The fourth-order valence-electron chi connectivity index (χ4n) is 3.48. The zero-order valence-electron chi connectivity index (χ0n) is 18.3. The first-order valence-electron chi connectivity index (χ1n) is 10.6. The van der Waals surface area contributed by atoms with Gasteiger partial charge in [-0.2, -0.15) is 0 Å². The Kier molecular flexibility index (Phi) is 8.13. The zero-order chi connectivity index (χ0) is 25.0. The van der Waals surface area contributed by atoms with Crippen LogP contribution >= 0.6 is 0 Å². The number of cyclic esters (lactones) is 1. The van der Waals surface area contributed by atoms with Gasteiger partial charge in [-0.05, 0) is 23.8 Å². The molecule has 0 spiro atoms. The van der Waals surface area contributed by atoms with Gasteiger partial charge in [-0.25, -0.2) is 4.79 Å². The summed E-state index contributed by atoms with van der Waals surface area (Å²) >= 11 is 0. The third-order valence-corrected chi connectivity index (χ3v) is 5.83. The lowest BCUT2D eigenvalue weighted by Gasteiger charge is -2.40. The van der Waals surface area contributed by atoms with Gasteiger partial charge in [0.25, 0.3) is 0 Å². The Labute approximate surface area is 194 Å². The van der Waals surface area contributed by atoms with Crippen molar-refractivity contribution in [2.75, 3.05) is 19.8 Å². The van der Waals surface area contributed by atoms with Gasteiger partial charge in [-0.3, -0.25) is 4.79 Å². The van der Waals surface area contributed by atoms with E-state index in [9.17, 15) is 40.2 Å². The van der Waals surface area contributed by atoms with Gasteiger partial charge in [-0.15, -0.1) is 0 Å². The summed E-state index contributed by atoms with van der Waals surface area (Å²) in [6.45, 7) is 0.784. The summed E-state index contributed by atoms with van der Waals surface area (Å²) in [5.41, 5.74) is -1.02. The number of rotatable bonds is 8. The highest BCUT2D eigenvalue weighted by atomic mass is 16.7. The topological polar surface area (TPSA) is 192 Å². The Bertz CT molecular complexity index is 917. The van der Waals surface area contributed by atoms with Gasteiger partial charge in [0, 0.05) is 12.0 Å². The van der Waals surface area contributed by atoms with Gasteiger partial charge >= 0.3 is 11.9 Å². The van der Waals surface area contributed by atoms with Crippen molar-refractivity contribution in [3.05, 3.63) is 29.8 Å². The standard InChI is InChI=1S/C22H28O12/c1-11(22(30)7-17(26)33-10-22)8-32-21-20(29)19(28)18(27)15(34-21)9-31-16(25)5-3-12-2-4-13(23)14(24)6-12/h2-6,11,15,18-21,23-24,27-30H,7-10H2,1H3/b5-3+/t11-,15+,18+,19-,20+,21+,22-/m0/s1. The molecule has 0 aromatic heterocycles. The SMILES string of the molecule is C[C@@H](CO[C@@H]1O[C@H](COC(=O)/C=C/c2ccc(O)c(O)c2)[C@@H](O)[C@H](O)[C@H]1O)[C@@]1(O)COC(=O)C1. The van der Waals surface area contributed by atoms with E-state index >= 15 is 0 Å². The number of phenols is 2. The van der Waals surface area contributed by atoms with E-state index in [2.05, 4.69) is 0 Å². The summed E-state index contributed by atoms with van der Waals surface area (Å²) in [5.74, 6) is -2.61. The van der Waals surface area contributed by atoms with E-state index in [1.807, 2.05) is 0 Å². The Morgan fingerprint density at radius 3 is 2.59 bits per heavy atom. The van der Waals surface area contributed by atoms with Gasteiger partial charge in [0.15, 0.2) is 17.8 Å². The number of carbonyl (C=O) groups is 2. The van der Waals surface area contributed by atoms with Crippen LogP contribution in [0.25, 0.3) is 6.08 Å². The first-order valence-corrected chi connectivity index (χ1v) is 10.6. The summed E-state index contributed by atoms with van der Waals surface area (Å²) in [4.78, 5) is 23.3. The van der Waals surface area contributed by atoms with Crippen LogP contribution < -0.4 is 0 Å². The van der Waals surface area contributed by atoms with Crippen LogP contribution in [-0.4, -0.2) is 98.7 Å². The molecular formula is C22H28O12. The molecule has 1 aromatic rings. The number of hydrogen-bond donors (Lipinski definition) is 6. The van der Waals surface area contributed by atoms with Crippen molar-refractivity contribution in [2.24, 2.45) is 5.92 Å². The number of aliphatic hydroxyl groups is 4. The van der Waals surface area contributed by atoms with Gasteiger partial charge in [0.1, 0.15) is 43.2 Å². The normalized spacial score (nSPS) is 32.5. The largest absolute Gasteiger partial charge is 0.504 e. The third kappa shape index (κ3) is 6.03. The van der Waals surface area contributed by atoms with Gasteiger partial charge in [0.2, 0.25) is 0 Å². The van der Waals surface area contributed by atoms with Crippen LogP contribution in [-0.2, 0) is 28.5 Å². The molecule has 0 unspecified atom stereocenters. The number of aliphatic hydroxyl groups excluding tert-OH is 3. The van der Waals surface area contributed by atoms with Crippen molar-refractivity contribution in [3.63, 3.8) is 0 Å². The third-order valence-electron chi connectivity index (χ3n) is 5.83. The monoisotopic (exact) mass is 484 g/mol. The molecule has 0 aliphatic carbocycles. The van der Waals surface area contributed by atoms with Crippen LogP contribution in [0.2, 0.25) is 0 Å². The maximum absolute atomic E-state index is 12.0. The van der Waals surface area contributed by atoms with E-state index < -0.39 is 60.8 Å². The predicted octanol–water partition coefficient (Wildman–Crippen LogP) is -1.21. The Balaban J connectivity index is 1.53. The first-order chi connectivity index (χ1) is 16.0. The van der Waals surface area contributed by atoms with Crippen LogP contribution in [0.1, 0.15) is 18.9 Å². The van der Waals surface area contributed by atoms with E-state index in [-0.39, 0.29) is 31.1 Å². The molecule has 0 radical (unpaired) electrons. The molecule has 12 nitrogen and oxygen atoms in total. The molecule has 188 valence electrons. The highest BCUT2D eigenvalue weighted by molar-refractivity contribution is 5.87. The minimum atomic E-state index is -1.66. The Morgan fingerprint density at radius 1 is 1.21 bits per heavy atom. The summed E-state index contributed by atoms with van der Waals surface area (Å²) in [6.07, 6.45) is -5.32. The molecular weight excluding hydrogens is 456 g/mol. The number of carbonyl (C=O) groups excluding carboxylic acids is 2. The highest BCUT2D eigenvalue weighted by Crippen LogP contribution is 2.30. The molecule has 2 aliphatic heterocycles. The molecule has 0 bridgehead atoms. The molecule has 34 heavy (non-hydrogen) atoms. The molecule has 2 saturated heterocycles. The first kappa shape index (κ1) is 25.9.